The van der Waals surface area contributed by atoms with Gasteiger partial charge in [-0.25, -0.2) is 0 Å². The molecule has 4 atom stereocenters. The second-order valence-electron chi connectivity index (χ2n) is 7.20. The number of allylic oxidation sites excluding steroid dienone is 2. The summed E-state index contributed by atoms with van der Waals surface area (Å²) in [6.07, 6.45) is 3.30. The zero-order valence-electron chi connectivity index (χ0n) is 12.9. The van der Waals surface area contributed by atoms with Crippen LogP contribution in [0.2, 0.25) is 0 Å². The Morgan fingerprint density at radius 2 is 1.65 bits per heavy atom. The Morgan fingerprint density at radius 1 is 1.05 bits per heavy atom. The Morgan fingerprint density at radius 3 is 2.25 bits per heavy atom. The summed E-state index contributed by atoms with van der Waals surface area (Å²) in [7, 11) is 0. The van der Waals surface area contributed by atoms with E-state index in [1.165, 1.54) is 23.0 Å². The molecule has 0 heterocycles. The van der Waals surface area contributed by atoms with Gasteiger partial charge >= 0.3 is 0 Å². The van der Waals surface area contributed by atoms with Crippen LogP contribution in [0.15, 0.2) is 41.5 Å². The van der Waals surface area contributed by atoms with Crippen molar-refractivity contribution in [3.8, 4) is 0 Å². The molecule has 1 fully saturated rings. The summed E-state index contributed by atoms with van der Waals surface area (Å²) in [6.45, 7) is 9.21. The zero-order valence-corrected chi connectivity index (χ0v) is 12.9. The maximum absolute atomic E-state index is 11.7. The van der Waals surface area contributed by atoms with Crippen molar-refractivity contribution >= 4 is 6.29 Å². The van der Waals surface area contributed by atoms with Gasteiger partial charge in [-0.15, -0.1) is 0 Å². The third-order valence-corrected chi connectivity index (χ3v) is 6.45. The smallest absolute Gasteiger partial charge is 0.123 e. The number of rotatable bonds is 2. The first-order valence-electron chi connectivity index (χ1n) is 7.62. The minimum atomic E-state index is 0.0753. The van der Waals surface area contributed by atoms with Gasteiger partial charge in [0.2, 0.25) is 0 Å². The van der Waals surface area contributed by atoms with E-state index in [0.29, 0.717) is 5.92 Å². The molecule has 106 valence electrons. The molecule has 2 aliphatic carbocycles. The molecular weight excluding hydrogens is 244 g/mol. The lowest BCUT2D eigenvalue weighted by Crippen LogP contribution is -2.40. The third-order valence-electron chi connectivity index (χ3n) is 6.45. The second kappa shape index (κ2) is 4.31. The van der Waals surface area contributed by atoms with E-state index in [0.717, 1.165) is 12.8 Å². The Kier molecular flexibility index (Phi) is 2.93. The summed E-state index contributed by atoms with van der Waals surface area (Å²) in [5, 5.41) is 0. The summed E-state index contributed by atoms with van der Waals surface area (Å²) < 4.78 is 0. The highest BCUT2D eigenvalue weighted by Gasteiger charge is 2.57. The zero-order chi connectivity index (χ0) is 14.5. The van der Waals surface area contributed by atoms with E-state index in [9.17, 15) is 4.79 Å². The van der Waals surface area contributed by atoms with Crippen LogP contribution in [0.25, 0.3) is 0 Å². The molecule has 20 heavy (non-hydrogen) atoms. The molecule has 0 aromatic heterocycles. The quantitative estimate of drug-likeness (QED) is 0.559. The van der Waals surface area contributed by atoms with Crippen LogP contribution in [-0.4, -0.2) is 6.29 Å². The molecule has 0 spiro atoms. The average Bonchev–Trinajstić information content (AvgIpc) is 2.60. The predicted octanol–water partition coefficient (Wildman–Crippen LogP) is 4.74. The summed E-state index contributed by atoms with van der Waals surface area (Å²) in [5.41, 5.74) is 4.64. The van der Waals surface area contributed by atoms with Crippen LogP contribution in [0.3, 0.4) is 0 Å². The van der Waals surface area contributed by atoms with Crippen molar-refractivity contribution in [2.45, 2.75) is 46.5 Å². The Labute approximate surface area is 122 Å². The van der Waals surface area contributed by atoms with E-state index < -0.39 is 0 Å². The van der Waals surface area contributed by atoms with Gasteiger partial charge in [-0.05, 0) is 49.0 Å². The molecule has 4 unspecified atom stereocenters. The molecule has 0 aliphatic heterocycles. The summed E-state index contributed by atoms with van der Waals surface area (Å²) in [5.74, 6) is 0.614. The number of fused-ring (bicyclic) bond motifs is 2. The molecule has 1 aromatic carbocycles. The van der Waals surface area contributed by atoms with Crippen molar-refractivity contribution < 1.29 is 4.79 Å². The summed E-state index contributed by atoms with van der Waals surface area (Å²) in [6, 6.07) is 10.7. The molecule has 2 bridgehead atoms. The van der Waals surface area contributed by atoms with E-state index in [-0.39, 0.29) is 16.7 Å². The number of hydrogen-bond donors (Lipinski definition) is 0. The minimum absolute atomic E-state index is 0.0753. The van der Waals surface area contributed by atoms with E-state index in [1.807, 2.05) is 0 Å². The number of aldehydes is 1. The minimum Gasteiger partial charge on any atom is -0.303 e. The Balaban J connectivity index is 2.13. The molecule has 3 rings (SSSR count). The van der Waals surface area contributed by atoms with Crippen LogP contribution in [0, 0.1) is 16.7 Å². The lowest BCUT2D eigenvalue weighted by Gasteiger charge is -2.47. The van der Waals surface area contributed by atoms with Crippen LogP contribution in [0.5, 0.6) is 0 Å². The van der Waals surface area contributed by atoms with Crippen LogP contribution in [0.1, 0.15) is 52.0 Å². The first kappa shape index (κ1) is 13.6. The summed E-state index contributed by atoms with van der Waals surface area (Å²) in [4.78, 5) is 11.7. The fourth-order valence-corrected chi connectivity index (χ4v) is 4.85. The number of carbonyl (C=O) groups is 1. The first-order chi connectivity index (χ1) is 9.43. The van der Waals surface area contributed by atoms with Gasteiger partial charge in [0, 0.05) is 5.92 Å². The molecule has 1 aromatic rings. The second-order valence-corrected chi connectivity index (χ2v) is 7.20. The Bertz CT molecular complexity index is 571. The van der Waals surface area contributed by atoms with Gasteiger partial charge in [-0.1, -0.05) is 55.3 Å². The van der Waals surface area contributed by atoms with Crippen molar-refractivity contribution in [2.24, 2.45) is 16.7 Å². The van der Waals surface area contributed by atoms with Crippen molar-refractivity contribution in [1.82, 2.24) is 0 Å². The highest BCUT2D eigenvalue weighted by atomic mass is 16.1. The van der Waals surface area contributed by atoms with Crippen LogP contribution < -0.4 is 0 Å². The van der Waals surface area contributed by atoms with Crippen molar-refractivity contribution in [1.29, 1.82) is 0 Å². The molecule has 2 aliphatic rings. The van der Waals surface area contributed by atoms with Gasteiger partial charge in [-0.2, -0.15) is 0 Å². The van der Waals surface area contributed by atoms with Crippen molar-refractivity contribution in [3.63, 3.8) is 0 Å². The van der Waals surface area contributed by atoms with Crippen molar-refractivity contribution in [2.75, 3.05) is 0 Å². The van der Waals surface area contributed by atoms with E-state index in [1.54, 1.807) is 0 Å². The maximum atomic E-state index is 11.7. The molecular formula is C19H24O. The van der Waals surface area contributed by atoms with E-state index in [2.05, 4.69) is 58.0 Å². The van der Waals surface area contributed by atoms with E-state index in [4.69, 9.17) is 0 Å². The third kappa shape index (κ3) is 1.58. The van der Waals surface area contributed by atoms with Crippen LogP contribution in [-0.2, 0) is 4.79 Å². The fraction of sp³-hybridized carbons (Fsp3) is 0.526. The molecule has 1 nitrogen and oxygen atoms in total. The molecule has 0 amide bonds. The standard InChI is InChI=1S/C19H24O/c1-13-14(2)19(4)12-18(13,3)16(11-20)10-17(19)15-8-6-5-7-9-15/h5-9,11,16-17H,10,12H2,1-4H3. The maximum Gasteiger partial charge on any atom is 0.123 e. The topological polar surface area (TPSA) is 17.1 Å². The number of benzene rings is 1. The van der Waals surface area contributed by atoms with Crippen LogP contribution in [0.4, 0.5) is 0 Å². The van der Waals surface area contributed by atoms with Crippen molar-refractivity contribution in [3.05, 3.63) is 47.0 Å². The fourth-order valence-electron chi connectivity index (χ4n) is 4.85. The summed E-state index contributed by atoms with van der Waals surface area (Å²) >= 11 is 0. The Hall–Kier alpha value is -1.37. The van der Waals surface area contributed by atoms with Gasteiger partial charge in [0.05, 0.1) is 0 Å². The molecule has 0 radical (unpaired) electrons. The van der Waals surface area contributed by atoms with E-state index >= 15 is 0 Å². The number of carbonyl (C=O) groups excluding carboxylic acids is 1. The monoisotopic (exact) mass is 268 g/mol. The molecule has 0 saturated heterocycles. The average molecular weight is 268 g/mol. The SMILES string of the molecule is CC1=C(C)C2(C)CC1(C)C(C=O)CC2c1ccccc1. The van der Waals surface area contributed by atoms with Gasteiger partial charge in [0.15, 0.2) is 0 Å². The highest BCUT2D eigenvalue weighted by Crippen LogP contribution is 2.67. The van der Waals surface area contributed by atoms with Gasteiger partial charge in [-0.3, -0.25) is 0 Å². The highest BCUT2D eigenvalue weighted by molar-refractivity contribution is 5.60. The van der Waals surface area contributed by atoms with Gasteiger partial charge < -0.3 is 4.79 Å². The number of hydrogen-bond acceptors (Lipinski definition) is 1. The largest absolute Gasteiger partial charge is 0.303 e. The lowest BCUT2D eigenvalue weighted by atomic mass is 9.56. The molecule has 1 saturated carbocycles. The lowest BCUT2D eigenvalue weighted by molar-refractivity contribution is -0.116. The predicted molar refractivity (Wildman–Crippen MR) is 82.6 cm³/mol. The molecule has 0 N–H and O–H groups in total. The van der Waals surface area contributed by atoms with Gasteiger partial charge in [0.1, 0.15) is 6.29 Å². The van der Waals surface area contributed by atoms with Gasteiger partial charge in [0.25, 0.3) is 0 Å². The first-order valence-corrected chi connectivity index (χ1v) is 7.62. The molecule has 1 heteroatoms. The normalized spacial score (nSPS) is 40.0. The van der Waals surface area contributed by atoms with Crippen LogP contribution >= 0.6 is 0 Å².